The van der Waals surface area contributed by atoms with Crippen molar-refractivity contribution in [1.82, 2.24) is 4.90 Å². The molecule has 1 fully saturated rings. The molecule has 1 aliphatic heterocycles. The second-order valence-electron chi connectivity index (χ2n) is 4.62. The molecule has 1 aliphatic rings. The van der Waals surface area contributed by atoms with Gasteiger partial charge < -0.3 is 9.47 Å². The van der Waals surface area contributed by atoms with Gasteiger partial charge in [-0.25, -0.2) is 0 Å². The normalized spacial score (nSPS) is 20.1. The van der Waals surface area contributed by atoms with E-state index in [1.165, 1.54) is 12.0 Å². The lowest BCUT2D eigenvalue weighted by molar-refractivity contribution is 0.277. The Bertz CT molecular complexity index is 448. The molecule has 2 rings (SSSR count). The Hall–Kier alpha value is -1.19. The van der Waals surface area contributed by atoms with Crippen molar-refractivity contribution in [3.8, 4) is 11.5 Å². The standard InChI is InChI=1S/C15H20ClNO2/c1-18-12-6-7-13(15(11-12)19-2)14-5-3-9-17(14)10-4-8-16/h4,6-8,11,14H,3,5,9-10H2,1-2H3/b8-4+. The summed E-state index contributed by atoms with van der Waals surface area (Å²) in [5, 5.41) is 0. The van der Waals surface area contributed by atoms with Crippen molar-refractivity contribution in [3.05, 3.63) is 35.4 Å². The van der Waals surface area contributed by atoms with Gasteiger partial charge in [0.25, 0.3) is 0 Å². The molecule has 0 bridgehead atoms. The van der Waals surface area contributed by atoms with Crippen LogP contribution in [0.2, 0.25) is 0 Å². The molecule has 0 aromatic heterocycles. The van der Waals surface area contributed by atoms with Crippen molar-refractivity contribution in [1.29, 1.82) is 0 Å². The van der Waals surface area contributed by atoms with Gasteiger partial charge in [0.2, 0.25) is 0 Å². The summed E-state index contributed by atoms with van der Waals surface area (Å²) in [6, 6.07) is 6.44. The lowest BCUT2D eigenvalue weighted by Gasteiger charge is -2.25. The second kappa shape index (κ2) is 6.83. The number of methoxy groups -OCH3 is 2. The third kappa shape index (κ3) is 3.23. The highest BCUT2D eigenvalue weighted by Gasteiger charge is 2.27. The van der Waals surface area contributed by atoms with Gasteiger partial charge in [0.1, 0.15) is 11.5 Å². The molecule has 1 aromatic carbocycles. The van der Waals surface area contributed by atoms with Crippen LogP contribution in [0, 0.1) is 0 Å². The van der Waals surface area contributed by atoms with Gasteiger partial charge in [-0.05, 0) is 25.5 Å². The first kappa shape index (κ1) is 14.2. The third-order valence-electron chi connectivity index (χ3n) is 3.59. The highest BCUT2D eigenvalue weighted by molar-refractivity contribution is 6.25. The van der Waals surface area contributed by atoms with Crippen LogP contribution in [0.5, 0.6) is 11.5 Å². The Morgan fingerprint density at radius 3 is 2.89 bits per heavy atom. The van der Waals surface area contributed by atoms with Gasteiger partial charge >= 0.3 is 0 Å². The maximum atomic E-state index is 5.62. The molecule has 0 N–H and O–H groups in total. The van der Waals surface area contributed by atoms with E-state index in [-0.39, 0.29) is 0 Å². The molecule has 3 nitrogen and oxygen atoms in total. The van der Waals surface area contributed by atoms with E-state index in [4.69, 9.17) is 21.1 Å². The summed E-state index contributed by atoms with van der Waals surface area (Å²) in [6.45, 7) is 1.98. The molecule has 0 amide bonds. The number of rotatable bonds is 5. The number of hydrogen-bond acceptors (Lipinski definition) is 3. The van der Waals surface area contributed by atoms with Crippen molar-refractivity contribution in [2.45, 2.75) is 18.9 Å². The van der Waals surface area contributed by atoms with Gasteiger partial charge in [-0.15, -0.1) is 0 Å². The molecule has 19 heavy (non-hydrogen) atoms. The predicted octanol–water partition coefficient (Wildman–Crippen LogP) is 3.59. The number of likely N-dealkylation sites (tertiary alicyclic amines) is 1. The number of nitrogens with zero attached hydrogens (tertiary/aromatic N) is 1. The summed E-state index contributed by atoms with van der Waals surface area (Å²) in [4.78, 5) is 2.42. The maximum Gasteiger partial charge on any atom is 0.127 e. The minimum Gasteiger partial charge on any atom is -0.497 e. The van der Waals surface area contributed by atoms with Gasteiger partial charge in [0.05, 0.1) is 14.2 Å². The van der Waals surface area contributed by atoms with Crippen LogP contribution in [0.3, 0.4) is 0 Å². The molecular weight excluding hydrogens is 262 g/mol. The van der Waals surface area contributed by atoms with Crippen LogP contribution in [0.25, 0.3) is 0 Å². The van der Waals surface area contributed by atoms with Crippen molar-refractivity contribution >= 4 is 11.6 Å². The van der Waals surface area contributed by atoms with Crippen LogP contribution in [0.4, 0.5) is 0 Å². The topological polar surface area (TPSA) is 21.7 Å². The highest BCUT2D eigenvalue weighted by atomic mass is 35.5. The smallest absolute Gasteiger partial charge is 0.127 e. The zero-order valence-electron chi connectivity index (χ0n) is 11.4. The van der Waals surface area contributed by atoms with Crippen molar-refractivity contribution < 1.29 is 9.47 Å². The van der Waals surface area contributed by atoms with Gasteiger partial charge in [0.15, 0.2) is 0 Å². The Morgan fingerprint density at radius 2 is 2.21 bits per heavy atom. The van der Waals surface area contributed by atoms with Crippen LogP contribution < -0.4 is 9.47 Å². The molecular formula is C15H20ClNO2. The van der Waals surface area contributed by atoms with E-state index in [2.05, 4.69) is 11.0 Å². The fourth-order valence-electron chi connectivity index (χ4n) is 2.67. The number of halogens is 1. The zero-order valence-corrected chi connectivity index (χ0v) is 12.2. The minimum atomic E-state index is 0.397. The van der Waals surface area contributed by atoms with Crippen LogP contribution in [0.1, 0.15) is 24.4 Å². The fraction of sp³-hybridized carbons (Fsp3) is 0.467. The van der Waals surface area contributed by atoms with E-state index in [0.717, 1.165) is 31.0 Å². The van der Waals surface area contributed by atoms with Gasteiger partial charge in [-0.3, -0.25) is 4.90 Å². The Balaban J connectivity index is 2.24. The largest absolute Gasteiger partial charge is 0.497 e. The molecule has 0 radical (unpaired) electrons. The predicted molar refractivity (Wildman–Crippen MR) is 78.1 cm³/mol. The van der Waals surface area contributed by atoms with Gasteiger partial charge in [0, 0.05) is 29.8 Å². The van der Waals surface area contributed by atoms with Gasteiger partial charge in [-0.1, -0.05) is 23.7 Å². The number of hydrogen-bond donors (Lipinski definition) is 0. The molecule has 1 unspecified atom stereocenters. The molecule has 1 heterocycles. The summed E-state index contributed by atoms with van der Waals surface area (Å²) in [7, 11) is 3.37. The van der Waals surface area contributed by atoms with E-state index < -0.39 is 0 Å². The Morgan fingerprint density at radius 1 is 1.37 bits per heavy atom. The second-order valence-corrected chi connectivity index (χ2v) is 4.87. The van der Waals surface area contributed by atoms with E-state index in [0.29, 0.717) is 6.04 Å². The quantitative estimate of drug-likeness (QED) is 0.823. The summed E-state index contributed by atoms with van der Waals surface area (Å²) in [5.41, 5.74) is 2.81. The number of ether oxygens (including phenoxy) is 2. The maximum absolute atomic E-state index is 5.62. The SMILES string of the molecule is COc1ccc(C2CCCN2C/C=C/Cl)c(OC)c1. The Kier molecular flexibility index (Phi) is 5.11. The first-order valence-corrected chi connectivity index (χ1v) is 6.95. The van der Waals surface area contributed by atoms with Crippen LogP contribution in [0.15, 0.2) is 29.8 Å². The summed E-state index contributed by atoms with van der Waals surface area (Å²) in [5.74, 6) is 1.72. The summed E-state index contributed by atoms with van der Waals surface area (Å²) >= 11 is 5.62. The molecule has 0 aliphatic carbocycles. The van der Waals surface area contributed by atoms with E-state index >= 15 is 0 Å². The summed E-state index contributed by atoms with van der Waals surface area (Å²) in [6.07, 6.45) is 4.34. The average molecular weight is 282 g/mol. The first-order chi connectivity index (χ1) is 9.30. The minimum absolute atomic E-state index is 0.397. The third-order valence-corrected chi connectivity index (χ3v) is 3.77. The van der Waals surface area contributed by atoms with Crippen LogP contribution in [-0.4, -0.2) is 32.2 Å². The molecule has 104 valence electrons. The highest BCUT2D eigenvalue weighted by Crippen LogP contribution is 2.38. The zero-order chi connectivity index (χ0) is 13.7. The van der Waals surface area contributed by atoms with Crippen molar-refractivity contribution in [3.63, 3.8) is 0 Å². The molecule has 0 saturated carbocycles. The van der Waals surface area contributed by atoms with Crippen molar-refractivity contribution in [2.75, 3.05) is 27.3 Å². The lowest BCUT2D eigenvalue weighted by atomic mass is 10.0. The van der Waals surface area contributed by atoms with Crippen LogP contribution in [-0.2, 0) is 0 Å². The number of benzene rings is 1. The molecule has 1 saturated heterocycles. The molecule has 0 spiro atoms. The molecule has 1 aromatic rings. The monoisotopic (exact) mass is 281 g/mol. The average Bonchev–Trinajstić information content (AvgIpc) is 2.92. The van der Waals surface area contributed by atoms with E-state index in [1.54, 1.807) is 19.8 Å². The summed E-state index contributed by atoms with van der Waals surface area (Å²) < 4.78 is 10.7. The Labute approximate surface area is 119 Å². The van der Waals surface area contributed by atoms with Crippen LogP contribution >= 0.6 is 11.6 Å². The van der Waals surface area contributed by atoms with Gasteiger partial charge in [-0.2, -0.15) is 0 Å². The van der Waals surface area contributed by atoms with E-state index in [9.17, 15) is 0 Å². The first-order valence-electron chi connectivity index (χ1n) is 6.51. The van der Waals surface area contributed by atoms with Crippen molar-refractivity contribution in [2.24, 2.45) is 0 Å². The van der Waals surface area contributed by atoms with E-state index in [1.807, 2.05) is 18.2 Å². The molecule has 4 heteroatoms. The fourth-order valence-corrected chi connectivity index (χ4v) is 2.75. The lowest BCUT2D eigenvalue weighted by Crippen LogP contribution is -2.23. The molecule has 1 atom stereocenters.